The monoisotopic (exact) mass is 219 g/mol. The molecule has 0 aliphatic carbocycles. The van der Waals surface area contributed by atoms with Crippen LogP contribution in [0.2, 0.25) is 0 Å². The minimum atomic E-state index is 0.0478. The van der Waals surface area contributed by atoms with Gasteiger partial charge in [0.2, 0.25) is 5.91 Å². The number of hydrogen-bond acceptors (Lipinski definition) is 3. The standard InChI is InChI=1S/C12H17N3O/c13-10-3-5-11(6-4-10)14-12(16)9-15-7-1-2-8-15/h3-6H,1-2,7-9,13H2,(H,14,16). The van der Waals surface area contributed by atoms with E-state index in [1.54, 1.807) is 12.1 Å². The molecule has 0 spiro atoms. The molecule has 1 aliphatic heterocycles. The first-order valence-electron chi connectivity index (χ1n) is 5.62. The third-order valence-corrected chi connectivity index (χ3v) is 2.76. The molecule has 1 amide bonds. The molecule has 1 fully saturated rings. The molecule has 1 aliphatic rings. The fourth-order valence-corrected chi connectivity index (χ4v) is 1.91. The molecule has 2 rings (SSSR count). The van der Waals surface area contributed by atoms with Gasteiger partial charge in [0.1, 0.15) is 0 Å². The number of nitrogens with zero attached hydrogens (tertiary/aromatic N) is 1. The smallest absolute Gasteiger partial charge is 0.238 e. The van der Waals surface area contributed by atoms with E-state index in [1.807, 2.05) is 12.1 Å². The maximum absolute atomic E-state index is 11.7. The highest BCUT2D eigenvalue weighted by molar-refractivity contribution is 5.92. The van der Waals surface area contributed by atoms with E-state index >= 15 is 0 Å². The predicted molar refractivity (Wildman–Crippen MR) is 65.2 cm³/mol. The van der Waals surface area contributed by atoms with Crippen molar-refractivity contribution in [3.63, 3.8) is 0 Å². The molecular formula is C12H17N3O. The van der Waals surface area contributed by atoms with Crippen molar-refractivity contribution in [2.24, 2.45) is 0 Å². The van der Waals surface area contributed by atoms with E-state index in [0.29, 0.717) is 12.2 Å². The Bertz CT molecular complexity index is 355. The molecule has 86 valence electrons. The average Bonchev–Trinajstić information content (AvgIpc) is 2.74. The molecule has 1 aromatic rings. The van der Waals surface area contributed by atoms with Gasteiger partial charge in [0.05, 0.1) is 6.54 Å². The molecule has 16 heavy (non-hydrogen) atoms. The van der Waals surface area contributed by atoms with Gasteiger partial charge in [-0.15, -0.1) is 0 Å². The van der Waals surface area contributed by atoms with Gasteiger partial charge in [-0.2, -0.15) is 0 Å². The summed E-state index contributed by atoms with van der Waals surface area (Å²) in [7, 11) is 0. The highest BCUT2D eigenvalue weighted by Crippen LogP contribution is 2.11. The molecule has 1 aromatic carbocycles. The van der Waals surface area contributed by atoms with Gasteiger partial charge in [0, 0.05) is 11.4 Å². The van der Waals surface area contributed by atoms with Crippen LogP contribution in [0.1, 0.15) is 12.8 Å². The van der Waals surface area contributed by atoms with Crippen molar-refractivity contribution in [1.29, 1.82) is 0 Å². The van der Waals surface area contributed by atoms with Crippen LogP contribution in [0, 0.1) is 0 Å². The normalized spacial score (nSPS) is 16.2. The number of amides is 1. The molecule has 4 heteroatoms. The fourth-order valence-electron chi connectivity index (χ4n) is 1.91. The summed E-state index contributed by atoms with van der Waals surface area (Å²) in [6.45, 7) is 2.56. The van der Waals surface area contributed by atoms with Crippen LogP contribution in [0.3, 0.4) is 0 Å². The van der Waals surface area contributed by atoms with Crippen LogP contribution in [0.15, 0.2) is 24.3 Å². The fraction of sp³-hybridized carbons (Fsp3) is 0.417. The quantitative estimate of drug-likeness (QED) is 0.753. The average molecular weight is 219 g/mol. The van der Waals surface area contributed by atoms with Crippen molar-refractivity contribution < 1.29 is 4.79 Å². The summed E-state index contributed by atoms with van der Waals surface area (Å²) in [5.41, 5.74) is 7.08. The Balaban J connectivity index is 1.84. The van der Waals surface area contributed by atoms with E-state index in [4.69, 9.17) is 5.73 Å². The van der Waals surface area contributed by atoms with Gasteiger partial charge in [0.15, 0.2) is 0 Å². The Morgan fingerprint density at radius 1 is 1.25 bits per heavy atom. The number of carbonyl (C=O) groups is 1. The highest BCUT2D eigenvalue weighted by Gasteiger charge is 2.14. The second-order valence-electron chi connectivity index (χ2n) is 4.15. The van der Waals surface area contributed by atoms with E-state index in [2.05, 4.69) is 10.2 Å². The summed E-state index contributed by atoms with van der Waals surface area (Å²) in [6.07, 6.45) is 2.41. The van der Waals surface area contributed by atoms with E-state index in [1.165, 1.54) is 12.8 Å². The lowest BCUT2D eigenvalue weighted by atomic mass is 10.3. The first-order valence-corrected chi connectivity index (χ1v) is 5.62. The summed E-state index contributed by atoms with van der Waals surface area (Å²) in [5, 5.41) is 2.86. The second kappa shape index (κ2) is 4.99. The highest BCUT2D eigenvalue weighted by atomic mass is 16.2. The number of benzene rings is 1. The molecule has 3 N–H and O–H groups in total. The Hall–Kier alpha value is -1.55. The minimum Gasteiger partial charge on any atom is -0.399 e. The molecule has 0 radical (unpaired) electrons. The molecule has 1 saturated heterocycles. The third-order valence-electron chi connectivity index (χ3n) is 2.76. The predicted octanol–water partition coefficient (Wildman–Crippen LogP) is 1.30. The van der Waals surface area contributed by atoms with Crippen molar-refractivity contribution in [3.8, 4) is 0 Å². The molecule has 4 nitrogen and oxygen atoms in total. The van der Waals surface area contributed by atoms with E-state index in [-0.39, 0.29) is 5.91 Å². The number of rotatable bonds is 3. The topological polar surface area (TPSA) is 58.4 Å². The minimum absolute atomic E-state index is 0.0478. The lowest BCUT2D eigenvalue weighted by Gasteiger charge is -2.14. The number of nitrogen functional groups attached to an aromatic ring is 1. The van der Waals surface area contributed by atoms with Gasteiger partial charge >= 0.3 is 0 Å². The van der Waals surface area contributed by atoms with Crippen LogP contribution >= 0.6 is 0 Å². The van der Waals surface area contributed by atoms with Crippen molar-refractivity contribution in [1.82, 2.24) is 4.90 Å². The molecule has 1 heterocycles. The number of carbonyl (C=O) groups excluding carboxylic acids is 1. The summed E-state index contributed by atoms with van der Waals surface area (Å²) < 4.78 is 0. The van der Waals surface area contributed by atoms with E-state index in [9.17, 15) is 4.79 Å². The number of nitrogens with two attached hydrogens (primary N) is 1. The van der Waals surface area contributed by atoms with Gasteiger partial charge in [-0.1, -0.05) is 0 Å². The lowest BCUT2D eigenvalue weighted by molar-refractivity contribution is -0.117. The lowest BCUT2D eigenvalue weighted by Crippen LogP contribution is -2.30. The third kappa shape index (κ3) is 2.97. The van der Waals surface area contributed by atoms with Crippen LogP contribution in [-0.4, -0.2) is 30.4 Å². The summed E-state index contributed by atoms with van der Waals surface area (Å²) >= 11 is 0. The number of hydrogen-bond donors (Lipinski definition) is 2. The Morgan fingerprint density at radius 2 is 1.88 bits per heavy atom. The zero-order valence-electron chi connectivity index (χ0n) is 9.28. The first kappa shape index (κ1) is 11.0. The van der Waals surface area contributed by atoms with Crippen LogP contribution < -0.4 is 11.1 Å². The largest absolute Gasteiger partial charge is 0.399 e. The first-order chi connectivity index (χ1) is 7.74. The number of anilines is 2. The molecule has 0 atom stereocenters. The zero-order valence-corrected chi connectivity index (χ0v) is 9.28. The van der Waals surface area contributed by atoms with Crippen LogP contribution in [0.4, 0.5) is 11.4 Å². The van der Waals surface area contributed by atoms with E-state index in [0.717, 1.165) is 18.8 Å². The Labute approximate surface area is 95.4 Å². The second-order valence-corrected chi connectivity index (χ2v) is 4.15. The summed E-state index contributed by atoms with van der Waals surface area (Å²) in [4.78, 5) is 13.8. The summed E-state index contributed by atoms with van der Waals surface area (Å²) in [6, 6.07) is 7.20. The molecule has 0 saturated carbocycles. The molecule has 0 aromatic heterocycles. The molecular weight excluding hydrogens is 202 g/mol. The molecule has 0 unspecified atom stereocenters. The Morgan fingerprint density at radius 3 is 2.50 bits per heavy atom. The van der Waals surface area contributed by atoms with Gasteiger partial charge in [0.25, 0.3) is 0 Å². The summed E-state index contributed by atoms with van der Waals surface area (Å²) in [5.74, 6) is 0.0478. The van der Waals surface area contributed by atoms with Crippen molar-refractivity contribution in [3.05, 3.63) is 24.3 Å². The maximum Gasteiger partial charge on any atom is 0.238 e. The Kier molecular flexibility index (Phi) is 3.41. The van der Waals surface area contributed by atoms with Gasteiger partial charge in [-0.25, -0.2) is 0 Å². The molecule has 0 bridgehead atoms. The van der Waals surface area contributed by atoms with Gasteiger partial charge in [-0.3, -0.25) is 9.69 Å². The van der Waals surface area contributed by atoms with Gasteiger partial charge < -0.3 is 11.1 Å². The van der Waals surface area contributed by atoms with Gasteiger partial charge in [-0.05, 0) is 50.2 Å². The van der Waals surface area contributed by atoms with Crippen LogP contribution in [0.5, 0.6) is 0 Å². The van der Waals surface area contributed by atoms with Crippen molar-refractivity contribution >= 4 is 17.3 Å². The number of nitrogens with one attached hydrogen (secondary N) is 1. The zero-order chi connectivity index (χ0) is 11.4. The van der Waals surface area contributed by atoms with Crippen molar-refractivity contribution in [2.75, 3.05) is 30.7 Å². The van der Waals surface area contributed by atoms with Crippen LogP contribution in [-0.2, 0) is 4.79 Å². The van der Waals surface area contributed by atoms with Crippen molar-refractivity contribution in [2.45, 2.75) is 12.8 Å². The maximum atomic E-state index is 11.7. The SMILES string of the molecule is Nc1ccc(NC(=O)CN2CCCC2)cc1. The van der Waals surface area contributed by atoms with Crippen LogP contribution in [0.25, 0.3) is 0 Å². The number of likely N-dealkylation sites (tertiary alicyclic amines) is 1. The van der Waals surface area contributed by atoms with E-state index < -0.39 is 0 Å².